The summed E-state index contributed by atoms with van der Waals surface area (Å²) < 4.78 is 4.75. The lowest BCUT2D eigenvalue weighted by Gasteiger charge is -2.09. The molecule has 1 amide bonds. The molecule has 0 saturated heterocycles. The highest BCUT2D eigenvalue weighted by Crippen LogP contribution is 1.89. The topological polar surface area (TPSA) is 84.6 Å². The van der Waals surface area contributed by atoms with Gasteiger partial charge in [0.25, 0.3) is 0 Å². The second-order valence-corrected chi connectivity index (χ2v) is 3.24. The van der Waals surface area contributed by atoms with Gasteiger partial charge in [-0.1, -0.05) is 30.3 Å². The highest BCUT2D eigenvalue weighted by atomic mass is 16.6. The quantitative estimate of drug-likeness (QED) is 0.461. The van der Waals surface area contributed by atoms with Crippen LogP contribution in [-0.2, 0) is 4.65 Å². The van der Waals surface area contributed by atoms with Crippen molar-refractivity contribution in [3.8, 4) is 0 Å². The maximum atomic E-state index is 11.2. The van der Waals surface area contributed by atoms with Gasteiger partial charge >= 0.3 is 13.2 Å². The molecule has 0 unspecified atom stereocenters. The van der Waals surface area contributed by atoms with E-state index in [1.807, 2.05) is 6.07 Å². The van der Waals surface area contributed by atoms with Gasteiger partial charge in [-0.05, 0) is 18.4 Å². The van der Waals surface area contributed by atoms with Gasteiger partial charge in [-0.3, -0.25) is 0 Å². The molecule has 0 aliphatic rings. The Kier molecular flexibility index (Phi) is 5.38. The highest BCUT2D eigenvalue weighted by Gasteiger charge is 2.20. The van der Waals surface area contributed by atoms with Gasteiger partial charge in [-0.2, -0.15) is 0 Å². The number of benzene rings is 1. The number of carbonyl (C=O) groups is 1. The summed E-state index contributed by atoms with van der Waals surface area (Å²) in [5.74, 6) is 0. The fraction of sp³-hybridized carbons (Fsp3) is 0.300. The SMILES string of the molecule is NCCCNC(=O)OB(O)c1ccccc1. The molecule has 1 aromatic carbocycles. The minimum absolute atomic E-state index is 0.441. The second kappa shape index (κ2) is 6.87. The molecule has 0 fully saturated rings. The molecule has 1 aromatic rings. The van der Waals surface area contributed by atoms with Gasteiger partial charge in [-0.15, -0.1) is 0 Å². The zero-order valence-electron chi connectivity index (χ0n) is 8.93. The number of hydrogen-bond donors (Lipinski definition) is 3. The molecule has 0 spiro atoms. The monoisotopic (exact) mass is 222 g/mol. The summed E-state index contributed by atoms with van der Waals surface area (Å²) in [7, 11) is -1.24. The Bertz CT molecular complexity index is 321. The van der Waals surface area contributed by atoms with Crippen LogP contribution < -0.4 is 16.5 Å². The standard InChI is InChI=1S/C10H15BN2O3/c12-7-4-8-13-10(14)16-11(15)9-5-2-1-3-6-9/h1-3,5-6,15H,4,7-8,12H2,(H,13,14). The van der Waals surface area contributed by atoms with Gasteiger partial charge in [0.05, 0.1) is 0 Å². The second-order valence-electron chi connectivity index (χ2n) is 3.24. The third-order valence-electron chi connectivity index (χ3n) is 1.95. The molecule has 0 aliphatic heterocycles. The smallest absolute Gasteiger partial charge is 0.489 e. The van der Waals surface area contributed by atoms with E-state index in [9.17, 15) is 9.82 Å². The first-order chi connectivity index (χ1) is 7.74. The van der Waals surface area contributed by atoms with E-state index in [0.29, 0.717) is 25.0 Å². The molecule has 16 heavy (non-hydrogen) atoms. The van der Waals surface area contributed by atoms with Crippen molar-refractivity contribution in [2.24, 2.45) is 5.73 Å². The van der Waals surface area contributed by atoms with Crippen molar-refractivity contribution >= 4 is 18.7 Å². The molecular formula is C10H15BN2O3. The van der Waals surface area contributed by atoms with E-state index >= 15 is 0 Å². The number of hydrogen-bond acceptors (Lipinski definition) is 4. The van der Waals surface area contributed by atoms with Crippen LogP contribution in [0.5, 0.6) is 0 Å². The molecule has 0 radical (unpaired) electrons. The number of rotatable bonds is 5. The van der Waals surface area contributed by atoms with Crippen LogP contribution in [0.15, 0.2) is 30.3 Å². The van der Waals surface area contributed by atoms with Crippen LogP contribution in [0.3, 0.4) is 0 Å². The third kappa shape index (κ3) is 4.33. The van der Waals surface area contributed by atoms with Crippen LogP contribution in [0.25, 0.3) is 0 Å². The number of amides is 1. The van der Waals surface area contributed by atoms with Crippen molar-refractivity contribution in [1.29, 1.82) is 0 Å². The average Bonchev–Trinajstić information content (AvgIpc) is 2.30. The minimum Gasteiger partial charge on any atom is -0.489 e. The lowest BCUT2D eigenvalue weighted by Crippen LogP contribution is -2.39. The van der Waals surface area contributed by atoms with Crippen LogP contribution in [0.4, 0.5) is 4.79 Å². The summed E-state index contributed by atoms with van der Waals surface area (Å²) in [6.07, 6.45) is 0.0288. The van der Waals surface area contributed by atoms with Crippen LogP contribution in [-0.4, -0.2) is 31.3 Å². The molecule has 6 heteroatoms. The largest absolute Gasteiger partial charge is 0.563 e. The van der Waals surface area contributed by atoms with E-state index in [-0.39, 0.29) is 0 Å². The maximum Gasteiger partial charge on any atom is 0.563 e. The molecular weight excluding hydrogens is 207 g/mol. The molecule has 0 heterocycles. The Hall–Kier alpha value is -1.53. The van der Waals surface area contributed by atoms with E-state index in [4.69, 9.17) is 10.4 Å². The molecule has 86 valence electrons. The summed E-state index contributed by atoms with van der Waals surface area (Å²) in [5.41, 5.74) is 5.80. The summed E-state index contributed by atoms with van der Waals surface area (Å²) in [4.78, 5) is 11.2. The predicted molar refractivity (Wildman–Crippen MR) is 62.2 cm³/mol. The van der Waals surface area contributed by atoms with Gasteiger partial charge in [0.2, 0.25) is 0 Å². The Morgan fingerprint density at radius 3 is 2.75 bits per heavy atom. The Morgan fingerprint density at radius 1 is 1.44 bits per heavy atom. The molecule has 5 nitrogen and oxygen atoms in total. The molecule has 0 aliphatic carbocycles. The first-order valence-corrected chi connectivity index (χ1v) is 5.11. The molecule has 0 atom stereocenters. The third-order valence-corrected chi connectivity index (χ3v) is 1.95. The predicted octanol–water partition coefficient (Wildman–Crippen LogP) is -0.551. The Balaban J connectivity index is 2.34. The van der Waals surface area contributed by atoms with Gasteiger partial charge in [-0.25, -0.2) is 4.79 Å². The van der Waals surface area contributed by atoms with Gasteiger partial charge < -0.3 is 20.7 Å². The minimum atomic E-state index is -1.24. The van der Waals surface area contributed by atoms with Crippen LogP contribution in [0, 0.1) is 0 Å². The zero-order valence-corrected chi connectivity index (χ0v) is 8.93. The number of nitrogens with one attached hydrogen (secondary N) is 1. The van der Waals surface area contributed by atoms with Crippen molar-refractivity contribution in [1.82, 2.24) is 5.32 Å². The van der Waals surface area contributed by atoms with Crippen molar-refractivity contribution in [3.05, 3.63) is 30.3 Å². The molecule has 4 N–H and O–H groups in total. The number of carbonyl (C=O) groups excluding carboxylic acids is 1. The van der Waals surface area contributed by atoms with E-state index in [1.165, 1.54) is 0 Å². The first-order valence-electron chi connectivity index (χ1n) is 5.11. The van der Waals surface area contributed by atoms with E-state index in [2.05, 4.69) is 5.32 Å². The number of nitrogens with two attached hydrogens (primary N) is 1. The lowest BCUT2D eigenvalue weighted by atomic mass is 9.80. The normalized spacial score (nSPS) is 9.62. The van der Waals surface area contributed by atoms with Gasteiger partial charge in [0.15, 0.2) is 0 Å². The highest BCUT2D eigenvalue weighted by molar-refractivity contribution is 6.61. The van der Waals surface area contributed by atoms with Crippen molar-refractivity contribution in [2.45, 2.75) is 6.42 Å². The summed E-state index contributed by atoms with van der Waals surface area (Å²) >= 11 is 0. The lowest BCUT2D eigenvalue weighted by molar-refractivity contribution is 0.193. The summed E-state index contributed by atoms with van der Waals surface area (Å²) in [6.45, 7) is 0.943. The van der Waals surface area contributed by atoms with Crippen LogP contribution in [0.2, 0.25) is 0 Å². The molecule has 0 saturated carbocycles. The zero-order chi connectivity index (χ0) is 11.8. The van der Waals surface area contributed by atoms with Crippen molar-refractivity contribution in [3.63, 3.8) is 0 Å². The summed E-state index contributed by atoms with van der Waals surface area (Å²) in [5, 5.41) is 12.0. The van der Waals surface area contributed by atoms with Gasteiger partial charge in [0, 0.05) is 6.54 Å². The molecule has 0 bridgehead atoms. The molecule has 0 aromatic heterocycles. The van der Waals surface area contributed by atoms with Crippen molar-refractivity contribution in [2.75, 3.05) is 13.1 Å². The van der Waals surface area contributed by atoms with Crippen molar-refractivity contribution < 1.29 is 14.5 Å². The van der Waals surface area contributed by atoms with Crippen LogP contribution in [0.1, 0.15) is 6.42 Å². The Morgan fingerprint density at radius 2 is 2.12 bits per heavy atom. The first kappa shape index (κ1) is 12.5. The van der Waals surface area contributed by atoms with Crippen LogP contribution >= 0.6 is 0 Å². The van der Waals surface area contributed by atoms with E-state index in [1.54, 1.807) is 24.3 Å². The van der Waals surface area contributed by atoms with E-state index in [0.717, 1.165) is 0 Å². The van der Waals surface area contributed by atoms with E-state index < -0.39 is 13.2 Å². The maximum absolute atomic E-state index is 11.2. The van der Waals surface area contributed by atoms with Gasteiger partial charge in [0.1, 0.15) is 0 Å². The Labute approximate surface area is 94.7 Å². The fourth-order valence-corrected chi connectivity index (χ4v) is 1.12. The average molecular weight is 222 g/mol. The molecule has 1 rings (SSSR count). The summed E-state index contributed by atoms with van der Waals surface area (Å²) in [6, 6.07) is 8.69. The fourth-order valence-electron chi connectivity index (χ4n) is 1.12.